The standard InChI is InChI=1S/C23H28N2O4S/c1-28-21-8-10-23(29-2)20(15-21)17-24-11-13-25(14-12-24)30(26,27)22-9-7-18-5-3-4-6-19(18)16-22/h3-6,8,10,15-16H,7,9,11-14,17H2,1-2H3. The zero-order valence-electron chi connectivity index (χ0n) is 17.5. The zero-order chi connectivity index (χ0) is 21.1. The van der Waals surface area contributed by atoms with Crippen LogP contribution in [0.5, 0.6) is 11.5 Å². The van der Waals surface area contributed by atoms with E-state index in [0.29, 0.717) is 44.0 Å². The maximum atomic E-state index is 13.2. The molecule has 2 aromatic carbocycles. The van der Waals surface area contributed by atoms with E-state index in [1.54, 1.807) is 18.5 Å². The molecule has 160 valence electrons. The minimum absolute atomic E-state index is 0.494. The van der Waals surface area contributed by atoms with Crippen LogP contribution in [0.4, 0.5) is 0 Å². The van der Waals surface area contributed by atoms with Gasteiger partial charge in [-0.05, 0) is 48.2 Å². The summed E-state index contributed by atoms with van der Waals surface area (Å²) in [5, 5.41) is 0. The number of rotatable bonds is 6. The number of fused-ring (bicyclic) bond motifs is 1. The molecular weight excluding hydrogens is 400 g/mol. The SMILES string of the molecule is COc1ccc(OC)c(CN2CCN(S(=O)(=O)C3=Cc4ccccc4CC3)CC2)c1. The Morgan fingerprint density at radius 2 is 1.70 bits per heavy atom. The molecule has 0 unspecified atom stereocenters. The van der Waals surface area contributed by atoms with E-state index < -0.39 is 10.0 Å². The summed E-state index contributed by atoms with van der Waals surface area (Å²) in [7, 11) is -0.120. The van der Waals surface area contributed by atoms with Crippen molar-refractivity contribution in [3.05, 3.63) is 64.1 Å². The lowest BCUT2D eigenvalue weighted by atomic mass is 9.98. The lowest BCUT2D eigenvalue weighted by Crippen LogP contribution is -2.48. The fourth-order valence-corrected chi connectivity index (χ4v) is 5.76. The molecule has 0 saturated carbocycles. The molecule has 0 atom stereocenters. The van der Waals surface area contributed by atoms with Crippen LogP contribution in [0.15, 0.2) is 47.4 Å². The second-order valence-electron chi connectivity index (χ2n) is 7.67. The molecule has 0 amide bonds. The number of piperazine rings is 1. The van der Waals surface area contributed by atoms with Crippen LogP contribution in [0, 0.1) is 0 Å². The van der Waals surface area contributed by atoms with Crippen LogP contribution in [-0.2, 0) is 23.0 Å². The number of hydrogen-bond acceptors (Lipinski definition) is 5. The molecule has 0 bridgehead atoms. The predicted octanol–water partition coefficient (Wildman–Crippen LogP) is 3.14. The van der Waals surface area contributed by atoms with Crippen LogP contribution in [0.25, 0.3) is 6.08 Å². The number of aryl methyl sites for hydroxylation is 1. The largest absolute Gasteiger partial charge is 0.497 e. The first-order chi connectivity index (χ1) is 14.5. The molecule has 7 heteroatoms. The van der Waals surface area contributed by atoms with Gasteiger partial charge in [0.25, 0.3) is 0 Å². The summed E-state index contributed by atoms with van der Waals surface area (Å²) in [6.07, 6.45) is 3.19. The average molecular weight is 429 g/mol. The third-order valence-electron chi connectivity index (χ3n) is 5.90. The maximum absolute atomic E-state index is 13.2. The fourth-order valence-electron chi connectivity index (χ4n) is 4.15. The smallest absolute Gasteiger partial charge is 0.239 e. The first-order valence-corrected chi connectivity index (χ1v) is 11.7. The van der Waals surface area contributed by atoms with Gasteiger partial charge in [-0.3, -0.25) is 4.90 Å². The fraction of sp³-hybridized carbons (Fsp3) is 0.391. The summed E-state index contributed by atoms with van der Waals surface area (Å²) in [5.41, 5.74) is 3.28. The molecule has 0 aromatic heterocycles. The van der Waals surface area contributed by atoms with E-state index in [-0.39, 0.29) is 0 Å². The van der Waals surface area contributed by atoms with Gasteiger partial charge in [-0.15, -0.1) is 0 Å². The van der Waals surface area contributed by atoms with Gasteiger partial charge < -0.3 is 9.47 Å². The van der Waals surface area contributed by atoms with Gasteiger partial charge in [0.15, 0.2) is 0 Å². The van der Waals surface area contributed by atoms with E-state index in [2.05, 4.69) is 11.0 Å². The summed E-state index contributed by atoms with van der Waals surface area (Å²) >= 11 is 0. The molecule has 4 rings (SSSR count). The van der Waals surface area contributed by atoms with Gasteiger partial charge in [0.1, 0.15) is 11.5 Å². The van der Waals surface area contributed by atoms with Crippen molar-refractivity contribution in [1.29, 1.82) is 0 Å². The van der Waals surface area contributed by atoms with E-state index >= 15 is 0 Å². The van der Waals surface area contributed by atoms with Gasteiger partial charge in [-0.2, -0.15) is 4.31 Å². The molecule has 1 aliphatic carbocycles. The highest BCUT2D eigenvalue weighted by molar-refractivity contribution is 7.93. The van der Waals surface area contributed by atoms with E-state index in [1.807, 2.05) is 42.5 Å². The van der Waals surface area contributed by atoms with Crippen LogP contribution in [-0.4, -0.2) is 58.0 Å². The number of methoxy groups -OCH3 is 2. The Kier molecular flexibility index (Phi) is 6.13. The Hall–Kier alpha value is -2.35. The van der Waals surface area contributed by atoms with Crippen molar-refractivity contribution >= 4 is 16.1 Å². The molecule has 0 N–H and O–H groups in total. The molecule has 1 fully saturated rings. The van der Waals surface area contributed by atoms with Crippen molar-refractivity contribution in [3.63, 3.8) is 0 Å². The summed E-state index contributed by atoms with van der Waals surface area (Å²) in [6.45, 7) is 3.05. The lowest BCUT2D eigenvalue weighted by molar-refractivity contribution is 0.180. The van der Waals surface area contributed by atoms with Gasteiger partial charge in [-0.25, -0.2) is 8.42 Å². The minimum Gasteiger partial charge on any atom is -0.497 e. The number of ether oxygens (including phenoxy) is 2. The Morgan fingerprint density at radius 1 is 0.933 bits per heavy atom. The lowest BCUT2D eigenvalue weighted by Gasteiger charge is -2.35. The highest BCUT2D eigenvalue weighted by Gasteiger charge is 2.31. The number of benzene rings is 2. The molecule has 30 heavy (non-hydrogen) atoms. The van der Waals surface area contributed by atoms with Crippen LogP contribution in [0.3, 0.4) is 0 Å². The van der Waals surface area contributed by atoms with E-state index in [1.165, 1.54) is 5.56 Å². The number of allylic oxidation sites excluding steroid dienone is 1. The molecule has 6 nitrogen and oxygen atoms in total. The summed E-state index contributed by atoms with van der Waals surface area (Å²) in [6, 6.07) is 13.8. The van der Waals surface area contributed by atoms with Crippen molar-refractivity contribution in [2.75, 3.05) is 40.4 Å². The molecule has 0 spiro atoms. The van der Waals surface area contributed by atoms with Crippen LogP contribution >= 0.6 is 0 Å². The van der Waals surface area contributed by atoms with E-state index in [0.717, 1.165) is 29.0 Å². The van der Waals surface area contributed by atoms with Crippen molar-refractivity contribution in [3.8, 4) is 11.5 Å². The van der Waals surface area contributed by atoms with Gasteiger partial charge in [0.2, 0.25) is 10.0 Å². The number of nitrogens with zero attached hydrogens (tertiary/aromatic N) is 2. The third kappa shape index (κ3) is 4.24. The molecule has 1 saturated heterocycles. The highest BCUT2D eigenvalue weighted by atomic mass is 32.2. The zero-order valence-corrected chi connectivity index (χ0v) is 18.3. The van der Waals surface area contributed by atoms with Crippen LogP contribution in [0.1, 0.15) is 23.1 Å². The summed E-state index contributed by atoms with van der Waals surface area (Å²) in [4.78, 5) is 2.79. The highest BCUT2D eigenvalue weighted by Crippen LogP contribution is 2.30. The maximum Gasteiger partial charge on any atom is 0.239 e. The molecule has 2 aromatic rings. The molecule has 0 radical (unpaired) electrons. The molecule has 1 heterocycles. The third-order valence-corrected chi connectivity index (χ3v) is 7.93. The Bertz CT molecular complexity index is 1040. The molecule has 2 aliphatic rings. The summed E-state index contributed by atoms with van der Waals surface area (Å²) < 4.78 is 38.8. The number of hydrogen-bond donors (Lipinski definition) is 0. The summed E-state index contributed by atoms with van der Waals surface area (Å²) in [5.74, 6) is 1.61. The van der Waals surface area contributed by atoms with Gasteiger partial charge in [0, 0.05) is 38.3 Å². The van der Waals surface area contributed by atoms with Crippen molar-refractivity contribution in [1.82, 2.24) is 9.21 Å². The Balaban J connectivity index is 1.43. The first-order valence-electron chi connectivity index (χ1n) is 10.2. The predicted molar refractivity (Wildman–Crippen MR) is 118 cm³/mol. The normalized spacial score (nSPS) is 17.9. The van der Waals surface area contributed by atoms with E-state index in [9.17, 15) is 8.42 Å². The van der Waals surface area contributed by atoms with Crippen LogP contribution < -0.4 is 9.47 Å². The topological polar surface area (TPSA) is 59.1 Å². The average Bonchev–Trinajstić information content (AvgIpc) is 2.79. The Labute approximate surface area is 178 Å². The van der Waals surface area contributed by atoms with Gasteiger partial charge in [-0.1, -0.05) is 24.3 Å². The molecular formula is C23H28N2O4S. The van der Waals surface area contributed by atoms with Crippen LogP contribution in [0.2, 0.25) is 0 Å². The quantitative estimate of drug-likeness (QED) is 0.708. The second-order valence-corrected chi connectivity index (χ2v) is 9.66. The van der Waals surface area contributed by atoms with Gasteiger partial charge in [0.05, 0.1) is 19.1 Å². The van der Waals surface area contributed by atoms with E-state index in [4.69, 9.17) is 9.47 Å². The number of sulfonamides is 1. The second kappa shape index (κ2) is 8.79. The van der Waals surface area contributed by atoms with Gasteiger partial charge >= 0.3 is 0 Å². The monoisotopic (exact) mass is 428 g/mol. The van der Waals surface area contributed by atoms with Crippen molar-refractivity contribution in [2.24, 2.45) is 0 Å². The van der Waals surface area contributed by atoms with Crippen molar-refractivity contribution < 1.29 is 17.9 Å². The van der Waals surface area contributed by atoms with Crippen molar-refractivity contribution in [2.45, 2.75) is 19.4 Å². The molecule has 1 aliphatic heterocycles. The Morgan fingerprint density at radius 3 is 2.43 bits per heavy atom. The minimum atomic E-state index is -3.42. The first kappa shape index (κ1) is 20.9.